The third-order valence-electron chi connectivity index (χ3n) is 5.55. The molecule has 5 aromatic rings. The molecule has 7 heteroatoms. The Morgan fingerprint density at radius 1 is 1.03 bits per heavy atom. The van der Waals surface area contributed by atoms with Gasteiger partial charge in [0.15, 0.2) is 0 Å². The van der Waals surface area contributed by atoms with Gasteiger partial charge in [-0.3, -0.25) is 9.36 Å². The summed E-state index contributed by atoms with van der Waals surface area (Å²) in [6, 6.07) is 19.5. The molecule has 0 amide bonds. The van der Waals surface area contributed by atoms with Crippen molar-refractivity contribution in [3.05, 3.63) is 105 Å². The number of ether oxygens (including phenoxy) is 1. The molecule has 5 nitrogen and oxygen atoms in total. The van der Waals surface area contributed by atoms with Crippen LogP contribution >= 0.6 is 11.6 Å². The Labute approximate surface area is 188 Å². The van der Waals surface area contributed by atoms with Gasteiger partial charge in [0.1, 0.15) is 22.6 Å². The summed E-state index contributed by atoms with van der Waals surface area (Å²) < 4.78 is 22.9. The topological polar surface area (TPSA) is 49.0 Å². The molecule has 0 bridgehead atoms. The fourth-order valence-electron chi connectivity index (χ4n) is 4.08. The molecule has 0 saturated heterocycles. The van der Waals surface area contributed by atoms with Crippen molar-refractivity contribution < 1.29 is 9.13 Å². The molecule has 3 aromatic carbocycles. The van der Waals surface area contributed by atoms with Gasteiger partial charge in [-0.2, -0.15) is 0 Å². The van der Waals surface area contributed by atoms with Crippen LogP contribution in [0.15, 0.2) is 77.9 Å². The third kappa shape index (κ3) is 3.52. The number of rotatable bonds is 5. The van der Waals surface area contributed by atoms with Gasteiger partial charge in [-0.25, -0.2) is 9.37 Å². The highest BCUT2D eigenvalue weighted by Crippen LogP contribution is 2.28. The van der Waals surface area contributed by atoms with E-state index in [9.17, 15) is 9.18 Å². The summed E-state index contributed by atoms with van der Waals surface area (Å²) in [7, 11) is 1.60. The Hall–Kier alpha value is -3.64. The summed E-state index contributed by atoms with van der Waals surface area (Å²) in [6.07, 6.45) is 1.51. The van der Waals surface area contributed by atoms with Crippen molar-refractivity contribution in [1.82, 2.24) is 14.1 Å². The van der Waals surface area contributed by atoms with Crippen LogP contribution < -0.4 is 10.3 Å². The Morgan fingerprint density at radius 3 is 2.69 bits per heavy atom. The molecule has 0 fully saturated rings. The lowest BCUT2D eigenvalue weighted by molar-refractivity contribution is 0.408. The second kappa shape index (κ2) is 8.13. The minimum absolute atomic E-state index is 0.209. The molecular formula is C25H19ClFN3O2. The molecule has 160 valence electrons. The van der Waals surface area contributed by atoms with Crippen LogP contribution in [0.2, 0.25) is 5.02 Å². The largest absolute Gasteiger partial charge is 0.496 e. The van der Waals surface area contributed by atoms with Crippen molar-refractivity contribution in [2.45, 2.75) is 13.1 Å². The standard InChI is InChI=1S/C25H19ClFN3O2/c1-32-22-8-3-2-6-17(22)14-29-15-28-23-20-12-19(27)9-10-21(20)30(24(23)25(29)31)13-16-5-4-7-18(26)11-16/h2-12,15H,13-14H2,1H3. The molecule has 0 unspecified atom stereocenters. The van der Waals surface area contributed by atoms with Crippen molar-refractivity contribution in [2.75, 3.05) is 7.11 Å². The van der Waals surface area contributed by atoms with Crippen LogP contribution in [-0.2, 0) is 13.1 Å². The fourth-order valence-corrected chi connectivity index (χ4v) is 4.30. The Morgan fingerprint density at radius 2 is 1.88 bits per heavy atom. The molecule has 0 aliphatic carbocycles. The molecule has 32 heavy (non-hydrogen) atoms. The van der Waals surface area contributed by atoms with Crippen LogP contribution in [0.5, 0.6) is 5.75 Å². The van der Waals surface area contributed by atoms with Gasteiger partial charge < -0.3 is 9.30 Å². The first-order chi connectivity index (χ1) is 15.5. The first-order valence-electron chi connectivity index (χ1n) is 10.1. The van der Waals surface area contributed by atoms with Gasteiger partial charge in [-0.1, -0.05) is 41.9 Å². The molecular weight excluding hydrogens is 429 g/mol. The summed E-state index contributed by atoms with van der Waals surface area (Å²) >= 11 is 6.17. The van der Waals surface area contributed by atoms with E-state index in [-0.39, 0.29) is 11.4 Å². The summed E-state index contributed by atoms with van der Waals surface area (Å²) in [5, 5.41) is 1.21. The Kier molecular flexibility index (Phi) is 5.15. The average Bonchev–Trinajstić information content (AvgIpc) is 3.09. The monoisotopic (exact) mass is 447 g/mol. The van der Waals surface area contributed by atoms with E-state index in [0.29, 0.717) is 40.3 Å². The van der Waals surface area contributed by atoms with Crippen molar-refractivity contribution in [1.29, 1.82) is 0 Å². The van der Waals surface area contributed by atoms with E-state index in [1.54, 1.807) is 23.8 Å². The molecule has 0 radical (unpaired) electrons. The van der Waals surface area contributed by atoms with Gasteiger partial charge >= 0.3 is 0 Å². The SMILES string of the molecule is COc1ccccc1Cn1cnc2c3cc(F)ccc3n(Cc3cccc(Cl)c3)c2c1=O. The Bertz CT molecular complexity index is 1520. The predicted molar refractivity (Wildman–Crippen MR) is 124 cm³/mol. The van der Waals surface area contributed by atoms with E-state index in [0.717, 1.165) is 16.6 Å². The number of hydrogen-bond donors (Lipinski definition) is 0. The number of fused-ring (bicyclic) bond motifs is 3. The third-order valence-corrected chi connectivity index (χ3v) is 5.79. The van der Waals surface area contributed by atoms with Crippen LogP contribution in [0.25, 0.3) is 21.9 Å². The number of methoxy groups -OCH3 is 1. The zero-order valence-electron chi connectivity index (χ0n) is 17.3. The highest BCUT2D eigenvalue weighted by molar-refractivity contribution is 6.30. The normalized spacial score (nSPS) is 11.3. The lowest BCUT2D eigenvalue weighted by Gasteiger charge is -2.11. The smallest absolute Gasteiger partial charge is 0.278 e. The molecule has 0 atom stereocenters. The van der Waals surface area contributed by atoms with E-state index < -0.39 is 0 Å². The second-order valence-corrected chi connectivity index (χ2v) is 8.00. The van der Waals surface area contributed by atoms with E-state index in [1.807, 2.05) is 47.0 Å². The van der Waals surface area contributed by atoms with Gasteiger partial charge in [-0.05, 0) is 42.0 Å². The molecule has 0 saturated carbocycles. The zero-order valence-corrected chi connectivity index (χ0v) is 18.0. The first kappa shape index (κ1) is 20.3. The van der Waals surface area contributed by atoms with Gasteiger partial charge in [0.25, 0.3) is 5.56 Å². The van der Waals surface area contributed by atoms with Crippen LogP contribution in [0.1, 0.15) is 11.1 Å². The number of nitrogens with zero attached hydrogens (tertiary/aromatic N) is 3. The quantitative estimate of drug-likeness (QED) is 0.370. The lowest BCUT2D eigenvalue weighted by Crippen LogP contribution is -2.23. The maximum atomic E-state index is 14.1. The highest BCUT2D eigenvalue weighted by atomic mass is 35.5. The Balaban J connectivity index is 1.73. The summed E-state index contributed by atoms with van der Waals surface area (Å²) in [4.78, 5) is 18.2. The molecule has 0 spiro atoms. The second-order valence-electron chi connectivity index (χ2n) is 7.56. The van der Waals surface area contributed by atoms with Crippen LogP contribution in [0.4, 0.5) is 4.39 Å². The number of hydrogen-bond acceptors (Lipinski definition) is 3. The fraction of sp³-hybridized carbons (Fsp3) is 0.120. The molecule has 0 aliphatic heterocycles. The maximum Gasteiger partial charge on any atom is 0.278 e. The summed E-state index contributed by atoms with van der Waals surface area (Å²) in [6.45, 7) is 0.709. The number of aromatic nitrogens is 3. The van der Waals surface area contributed by atoms with E-state index in [4.69, 9.17) is 16.3 Å². The summed E-state index contributed by atoms with van der Waals surface area (Å²) in [5.74, 6) is 0.320. The molecule has 0 aliphatic rings. The van der Waals surface area contributed by atoms with Crippen molar-refractivity contribution in [2.24, 2.45) is 0 Å². The van der Waals surface area contributed by atoms with Crippen molar-refractivity contribution in [3.63, 3.8) is 0 Å². The van der Waals surface area contributed by atoms with Crippen LogP contribution in [0, 0.1) is 5.82 Å². The van der Waals surface area contributed by atoms with Crippen molar-refractivity contribution >= 4 is 33.5 Å². The first-order valence-corrected chi connectivity index (χ1v) is 10.5. The van der Waals surface area contributed by atoms with Gasteiger partial charge in [0.2, 0.25) is 0 Å². The van der Waals surface area contributed by atoms with E-state index >= 15 is 0 Å². The van der Waals surface area contributed by atoms with Crippen LogP contribution in [0.3, 0.4) is 0 Å². The predicted octanol–water partition coefficient (Wildman–Crippen LogP) is 5.25. The molecule has 0 N–H and O–H groups in total. The minimum atomic E-state index is -0.376. The number of halogens is 2. The molecule has 5 rings (SSSR count). The molecule has 2 heterocycles. The number of para-hydroxylation sites is 1. The van der Waals surface area contributed by atoms with Gasteiger partial charge in [0.05, 0.1) is 25.5 Å². The maximum absolute atomic E-state index is 14.1. The van der Waals surface area contributed by atoms with E-state index in [2.05, 4.69) is 4.98 Å². The minimum Gasteiger partial charge on any atom is -0.496 e. The average molecular weight is 448 g/mol. The highest BCUT2D eigenvalue weighted by Gasteiger charge is 2.18. The van der Waals surface area contributed by atoms with Gasteiger partial charge in [0, 0.05) is 22.5 Å². The number of benzene rings is 3. The van der Waals surface area contributed by atoms with Gasteiger partial charge in [-0.15, -0.1) is 0 Å². The lowest BCUT2D eigenvalue weighted by atomic mass is 10.2. The molecule has 2 aromatic heterocycles. The zero-order chi connectivity index (χ0) is 22.2. The van der Waals surface area contributed by atoms with Crippen molar-refractivity contribution in [3.8, 4) is 5.75 Å². The summed E-state index contributed by atoms with van der Waals surface area (Å²) in [5.41, 5.74) is 3.22. The van der Waals surface area contributed by atoms with E-state index in [1.165, 1.54) is 18.5 Å². The van der Waals surface area contributed by atoms with Crippen LogP contribution in [-0.4, -0.2) is 21.2 Å².